The second-order valence-corrected chi connectivity index (χ2v) is 4.38. The third-order valence-corrected chi connectivity index (χ3v) is 2.86. The maximum atomic E-state index is 9.87. The Morgan fingerprint density at radius 2 is 2.07 bits per heavy atom. The number of benzene rings is 1. The number of hydrogen-bond donors (Lipinski definition) is 2. The van der Waals surface area contributed by atoms with Gasteiger partial charge in [-0.25, -0.2) is 0 Å². The summed E-state index contributed by atoms with van der Waals surface area (Å²) in [6.07, 6.45) is 2.16. The van der Waals surface area contributed by atoms with Crippen molar-refractivity contribution in [2.45, 2.75) is 31.8 Å². The molecule has 1 aromatic carbocycles. The van der Waals surface area contributed by atoms with Crippen LogP contribution in [-0.2, 0) is 6.42 Å². The van der Waals surface area contributed by atoms with E-state index < -0.39 is 5.60 Å². The van der Waals surface area contributed by atoms with Gasteiger partial charge < -0.3 is 14.9 Å². The summed E-state index contributed by atoms with van der Waals surface area (Å²) in [7, 11) is 1.53. The van der Waals surface area contributed by atoms with Gasteiger partial charge in [-0.3, -0.25) is 0 Å². The van der Waals surface area contributed by atoms with Gasteiger partial charge in [0.2, 0.25) is 0 Å². The lowest BCUT2D eigenvalue weighted by Gasteiger charge is -2.13. The van der Waals surface area contributed by atoms with Gasteiger partial charge in [0.05, 0.1) is 12.7 Å². The Bertz CT molecular complexity index is 381. The second kappa shape index (κ2) is 3.42. The van der Waals surface area contributed by atoms with E-state index in [-0.39, 0.29) is 5.75 Å². The van der Waals surface area contributed by atoms with Crippen molar-refractivity contribution in [3.8, 4) is 11.5 Å². The standard InChI is InChI=1S/C12H16O3/c1-8-5-9(7-12(14)3-4-12)11(13)10(6-8)15-2/h5-6,13-14H,3-4,7H2,1-2H3. The van der Waals surface area contributed by atoms with Crippen molar-refractivity contribution >= 4 is 0 Å². The lowest BCUT2D eigenvalue weighted by Crippen LogP contribution is -2.11. The van der Waals surface area contributed by atoms with Crippen molar-refractivity contribution in [3.63, 3.8) is 0 Å². The molecule has 0 saturated heterocycles. The van der Waals surface area contributed by atoms with Crippen LogP contribution in [0, 0.1) is 6.92 Å². The Hall–Kier alpha value is -1.22. The molecule has 1 aliphatic carbocycles. The Labute approximate surface area is 89.3 Å². The summed E-state index contributed by atoms with van der Waals surface area (Å²) in [6, 6.07) is 3.68. The minimum Gasteiger partial charge on any atom is -0.504 e. The van der Waals surface area contributed by atoms with E-state index >= 15 is 0 Å². The summed E-state index contributed by atoms with van der Waals surface area (Å²) < 4.78 is 5.07. The average Bonchev–Trinajstić information content (AvgIpc) is 2.89. The molecule has 0 heterocycles. The average molecular weight is 208 g/mol. The summed E-state index contributed by atoms with van der Waals surface area (Å²) in [6.45, 7) is 1.95. The van der Waals surface area contributed by atoms with Gasteiger partial charge in [0.25, 0.3) is 0 Å². The van der Waals surface area contributed by atoms with Crippen LogP contribution in [0.4, 0.5) is 0 Å². The zero-order valence-corrected chi connectivity index (χ0v) is 9.08. The van der Waals surface area contributed by atoms with Crippen molar-refractivity contribution in [1.29, 1.82) is 0 Å². The molecule has 0 amide bonds. The zero-order valence-electron chi connectivity index (χ0n) is 9.08. The fourth-order valence-electron chi connectivity index (χ4n) is 1.78. The first-order valence-corrected chi connectivity index (χ1v) is 5.13. The molecule has 0 atom stereocenters. The van der Waals surface area contributed by atoms with Gasteiger partial charge in [-0.1, -0.05) is 6.07 Å². The number of aryl methyl sites for hydroxylation is 1. The molecule has 3 heteroatoms. The molecule has 1 saturated carbocycles. The van der Waals surface area contributed by atoms with E-state index in [2.05, 4.69) is 0 Å². The van der Waals surface area contributed by atoms with Crippen LogP contribution in [0.1, 0.15) is 24.0 Å². The number of hydrogen-bond acceptors (Lipinski definition) is 3. The number of rotatable bonds is 3. The number of aliphatic hydroxyl groups is 1. The largest absolute Gasteiger partial charge is 0.504 e. The van der Waals surface area contributed by atoms with Crippen LogP contribution in [0.3, 0.4) is 0 Å². The van der Waals surface area contributed by atoms with Gasteiger partial charge in [-0.05, 0) is 31.4 Å². The first-order chi connectivity index (χ1) is 7.04. The number of ether oxygens (including phenoxy) is 1. The molecule has 1 fully saturated rings. The van der Waals surface area contributed by atoms with Crippen LogP contribution in [0.5, 0.6) is 11.5 Å². The molecule has 1 aliphatic rings. The zero-order chi connectivity index (χ0) is 11.1. The van der Waals surface area contributed by atoms with E-state index in [9.17, 15) is 10.2 Å². The molecule has 82 valence electrons. The van der Waals surface area contributed by atoms with Crippen molar-refractivity contribution in [2.24, 2.45) is 0 Å². The van der Waals surface area contributed by atoms with E-state index in [1.807, 2.05) is 13.0 Å². The molecular formula is C12H16O3. The maximum absolute atomic E-state index is 9.87. The molecule has 0 spiro atoms. The van der Waals surface area contributed by atoms with Crippen LogP contribution in [0.25, 0.3) is 0 Å². The predicted octanol–water partition coefficient (Wildman–Crippen LogP) is 1.78. The minimum absolute atomic E-state index is 0.156. The van der Waals surface area contributed by atoms with Crippen molar-refractivity contribution in [1.82, 2.24) is 0 Å². The Morgan fingerprint density at radius 1 is 1.40 bits per heavy atom. The normalized spacial score (nSPS) is 17.5. The molecule has 2 rings (SSSR count). The van der Waals surface area contributed by atoms with E-state index in [1.165, 1.54) is 7.11 Å². The summed E-state index contributed by atoms with van der Waals surface area (Å²) in [5.74, 6) is 0.637. The van der Waals surface area contributed by atoms with Crippen LogP contribution in [0.15, 0.2) is 12.1 Å². The van der Waals surface area contributed by atoms with E-state index in [1.54, 1.807) is 6.07 Å². The topological polar surface area (TPSA) is 49.7 Å². The molecule has 0 unspecified atom stereocenters. The summed E-state index contributed by atoms with van der Waals surface area (Å²) in [5.41, 5.74) is 1.21. The highest BCUT2D eigenvalue weighted by molar-refractivity contribution is 5.49. The number of aromatic hydroxyl groups is 1. The second-order valence-electron chi connectivity index (χ2n) is 4.38. The summed E-state index contributed by atoms with van der Waals surface area (Å²) in [5, 5.41) is 19.7. The van der Waals surface area contributed by atoms with Crippen LogP contribution >= 0.6 is 0 Å². The van der Waals surface area contributed by atoms with Gasteiger partial charge >= 0.3 is 0 Å². The SMILES string of the molecule is COc1cc(C)cc(CC2(O)CC2)c1O. The van der Waals surface area contributed by atoms with Gasteiger partial charge in [-0.15, -0.1) is 0 Å². The van der Waals surface area contributed by atoms with Crippen LogP contribution < -0.4 is 4.74 Å². The predicted molar refractivity (Wildman–Crippen MR) is 57.3 cm³/mol. The Balaban J connectivity index is 2.32. The molecule has 1 aromatic rings. The molecule has 15 heavy (non-hydrogen) atoms. The quantitative estimate of drug-likeness (QED) is 0.796. The van der Waals surface area contributed by atoms with Crippen LogP contribution in [0.2, 0.25) is 0 Å². The third kappa shape index (κ3) is 2.07. The third-order valence-electron chi connectivity index (χ3n) is 2.86. The Morgan fingerprint density at radius 3 is 2.60 bits per heavy atom. The molecule has 0 aliphatic heterocycles. The van der Waals surface area contributed by atoms with E-state index in [0.29, 0.717) is 12.2 Å². The van der Waals surface area contributed by atoms with Gasteiger partial charge in [-0.2, -0.15) is 0 Å². The molecule has 0 aromatic heterocycles. The highest BCUT2D eigenvalue weighted by atomic mass is 16.5. The van der Waals surface area contributed by atoms with Crippen molar-refractivity contribution in [2.75, 3.05) is 7.11 Å². The summed E-state index contributed by atoms with van der Waals surface area (Å²) >= 11 is 0. The van der Waals surface area contributed by atoms with Gasteiger partial charge in [0.15, 0.2) is 11.5 Å². The Kier molecular flexibility index (Phi) is 2.35. The van der Waals surface area contributed by atoms with E-state index in [4.69, 9.17) is 4.74 Å². The summed E-state index contributed by atoms with van der Waals surface area (Å²) in [4.78, 5) is 0. The minimum atomic E-state index is -0.587. The fourth-order valence-corrected chi connectivity index (χ4v) is 1.78. The first kappa shape index (κ1) is 10.3. The van der Waals surface area contributed by atoms with Gasteiger partial charge in [0, 0.05) is 12.0 Å². The number of phenolic OH excluding ortho intramolecular Hbond substituents is 1. The molecule has 3 nitrogen and oxygen atoms in total. The molecule has 2 N–H and O–H groups in total. The number of methoxy groups -OCH3 is 1. The lowest BCUT2D eigenvalue weighted by atomic mass is 10.0. The molecular weight excluding hydrogens is 192 g/mol. The highest BCUT2D eigenvalue weighted by Gasteiger charge is 2.40. The van der Waals surface area contributed by atoms with Gasteiger partial charge in [0.1, 0.15) is 0 Å². The fraction of sp³-hybridized carbons (Fsp3) is 0.500. The van der Waals surface area contributed by atoms with E-state index in [0.717, 1.165) is 24.0 Å². The smallest absolute Gasteiger partial charge is 0.161 e. The molecule has 0 bridgehead atoms. The van der Waals surface area contributed by atoms with Crippen molar-refractivity contribution < 1.29 is 14.9 Å². The first-order valence-electron chi connectivity index (χ1n) is 5.13. The lowest BCUT2D eigenvalue weighted by molar-refractivity contribution is 0.150. The van der Waals surface area contributed by atoms with Crippen molar-refractivity contribution in [3.05, 3.63) is 23.3 Å². The number of phenols is 1. The monoisotopic (exact) mass is 208 g/mol. The maximum Gasteiger partial charge on any atom is 0.161 e. The highest BCUT2D eigenvalue weighted by Crippen LogP contribution is 2.42. The van der Waals surface area contributed by atoms with Crippen LogP contribution in [-0.4, -0.2) is 22.9 Å². The molecule has 0 radical (unpaired) electrons.